The number of halogens is 3. The Morgan fingerprint density at radius 3 is 2.71 bits per heavy atom. The van der Waals surface area contributed by atoms with E-state index in [1.807, 2.05) is 24.6 Å². The third-order valence-corrected chi connectivity index (χ3v) is 5.52. The molecule has 1 N–H and O–H groups in total. The highest BCUT2D eigenvalue weighted by atomic mass is 19.4. The summed E-state index contributed by atoms with van der Waals surface area (Å²) in [5.74, 6) is -2.17. The van der Waals surface area contributed by atoms with Gasteiger partial charge in [0.05, 0.1) is 13.0 Å². The Labute approximate surface area is 177 Å². The fraction of sp³-hybridized carbons (Fsp3) is 0.500. The van der Waals surface area contributed by atoms with Crippen LogP contribution in [-0.2, 0) is 23.0 Å². The van der Waals surface area contributed by atoms with Crippen LogP contribution in [-0.4, -0.2) is 57.5 Å². The number of esters is 1. The molecule has 11 heteroatoms. The second-order valence-electron chi connectivity index (χ2n) is 7.62. The molecule has 168 valence electrons. The number of alkyl halides is 3. The first-order chi connectivity index (χ1) is 14.6. The van der Waals surface area contributed by atoms with Gasteiger partial charge in [-0.1, -0.05) is 19.1 Å². The van der Waals surface area contributed by atoms with Gasteiger partial charge in [0.15, 0.2) is 0 Å². The van der Waals surface area contributed by atoms with Crippen molar-refractivity contribution in [2.75, 3.05) is 19.0 Å². The van der Waals surface area contributed by atoms with E-state index in [4.69, 9.17) is 0 Å². The lowest BCUT2D eigenvalue weighted by atomic mass is 9.97. The fourth-order valence-electron chi connectivity index (χ4n) is 3.78. The van der Waals surface area contributed by atoms with Crippen molar-refractivity contribution in [3.05, 3.63) is 42.0 Å². The Morgan fingerprint density at radius 1 is 1.35 bits per heavy atom. The Kier molecular flexibility index (Phi) is 6.51. The van der Waals surface area contributed by atoms with Crippen molar-refractivity contribution in [3.8, 4) is 0 Å². The molecule has 2 heterocycles. The number of ether oxygens (including phenoxy) is 1. The van der Waals surface area contributed by atoms with Gasteiger partial charge in [-0.25, -0.2) is 9.59 Å². The van der Waals surface area contributed by atoms with Gasteiger partial charge < -0.3 is 19.5 Å². The second kappa shape index (κ2) is 8.94. The van der Waals surface area contributed by atoms with Crippen LogP contribution in [0.5, 0.6) is 0 Å². The van der Waals surface area contributed by atoms with E-state index in [1.165, 1.54) is 0 Å². The minimum atomic E-state index is -4.61. The van der Waals surface area contributed by atoms with Gasteiger partial charge in [-0.15, -0.1) is 10.2 Å². The third kappa shape index (κ3) is 4.97. The van der Waals surface area contributed by atoms with E-state index in [0.29, 0.717) is 12.1 Å². The first kappa shape index (κ1) is 22.6. The molecule has 0 saturated carbocycles. The molecule has 1 aromatic carbocycles. The van der Waals surface area contributed by atoms with E-state index < -0.39 is 30.1 Å². The zero-order valence-corrected chi connectivity index (χ0v) is 17.4. The summed E-state index contributed by atoms with van der Waals surface area (Å²) in [6, 6.07) is 4.55. The summed E-state index contributed by atoms with van der Waals surface area (Å²) < 4.78 is 46.3. The van der Waals surface area contributed by atoms with Crippen molar-refractivity contribution in [1.29, 1.82) is 0 Å². The molecule has 1 aliphatic heterocycles. The summed E-state index contributed by atoms with van der Waals surface area (Å²) in [6.07, 6.45) is -2.73. The van der Waals surface area contributed by atoms with E-state index in [1.54, 1.807) is 24.5 Å². The Morgan fingerprint density at radius 2 is 2.10 bits per heavy atom. The van der Waals surface area contributed by atoms with Gasteiger partial charge in [-0.2, -0.15) is 13.2 Å². The average Bonchev–Trinajstić information content (AvgIpc) is 3.34. The Hall–Kier alpha value is -3.11. The van der Waals surface area contributed by atoms with Crippen molar-refractivity contribution in [3.63, 3.8) is 0 Å². The summed E-state index contributed by atoms with van der Waals surface area (Å²) in [5.41, 5.74) is 1.34. The first-order valence-electron chi connectivity index (χ1n) is 9.76. The van der Waals surface area contributed by atoms with E-state index in [9.17, 15) is 22.8 Å². The van der Waals surface area contributed by atoms with Crippen LogP contribution in [0.25, 0.3) is 0 Å². The predicted molar refractivity (Wildman–Crippen MR) is 105 cm³/mol. The number of rotatable bonds is 5. The average molecular weight is 439 g/mol. The smallest absolute Gasteiger partial charge is 0.394 e. The number of aromatic nitrogens is 3. The molecule has 31 heavy (non-hydrogen) atoms. The molecule has 2 amide bonds. The first-order valence-corrected chi connectivity index (χ1v) is 9.76. The monoisotopic (exact) mass is 439 g/mol. The number of benzene rings is 1. The van der Waals surface area contributed by atoms with Crippen molar-refractivity contribution in [2.24, 2.45) is 13.0 Å². The quantitative estimate of drug-likeness (QED) is 0.723. The van der Waals surface area contributed by atoms with E-state index in [2.05, 4.69) is 20.3 Å². The van der Waals surface area contributed by atoms with Gasteiger partial charge in [-0.05, 0) is 30.0 Å². The van der Waals surface area contributed by atoms with Gasteiger partial charge in [-0.3, -0.25) is 0 Å². The van der Waals surface area contributed by atoms with Gasteiger partial charge in [0, 0.05) is 25.7 Å². The number of anilines is 1. The molecule has 3 unspecified atom stereocenters. The minimum Gasteiger partial charge on any atom is -0.467 e. The highest BCUT2D eigenvalue weighted by molar-refractivity contribution is 5.93. The van der Waals surface area contributed by atoms with Crippen LogP contribution in [0.2, 0.25) is 0 Å². The van der Waals surface area contributed by atoms with Crippen molar-refractivity contribution < 1.29 is 27.5 Å². The van der Waals surface area contributed by atoms with E-state index >= 15 is 0 Å². The van der Waals surface area contributed by atoms with Crippen LogP contribution in [0.4, 0.5) is 23.7 Å². The number of urea groups is 1. The summed E-state index contributed by atoms with van der Waals surface area (Å²) in [6.45, 7) is 1.80. The van der Waals surface area contributed by atoms with Crippen LogP contribution in [0.1, 0.15) is 30.7 Å². The lowest BCUT2D eigenvalue weighted by Crippen LogP contribution is -2.48. The standard InChI is InChI=1S/C20H24F3N5O3/c1-12(9-16-26-24-11-27(16)2)13-5-4-6-14(10-13)25-19(30)28-8-7-15(20(21,22)23)17(28)18(29)31-3/h4-6,10-12,15,17H,7-9H2,1-3H3,(H,25,30). The maximum Gasteiger partial charge on any atom is 0.394 e. The number of carbonyl (C=O) groups excluding carboxylic acids is 2. The topological polar surface area (TPSA) is 89.3 Å². The van der Waals surface area contributed by atoms with E-state index in [0.717, 1.165) is 23.4 Å². The number of aryl methyl sites for hydroxylation is 1. The molecule has 8 nitrogen and oxygen atoms in total. The maximum absolute atomic E-state index is 13.3. The predicted octanol–water partition coefficient (Wildman–Crippen LogP) is 3.12. The SMILES string of the molecule is COC(=O)C1C(C(F)(F)F)CCN1C(=O)Nc1cccc(C(C)Cc2nncn2C)c1. The normalized spacial score (nSPS) is 19.9. The Balaban J connectivity index is 1.73. The van der Waals surface area contributed by atoms with Crippen LogP contribution in [0.3, 0.4) is 0 Å². The zero-order valence-electron chi connectivity index (χ0n) is 17.4. The summed E-state index contributed by atoms with van der Waals surface area (Å²) >= 11 is 0. The molecular formula is C20H24F3N5O3. The molecule has 0 radical (unpaired) electrons. The number of hydrogen-bond donors (Lipinski definition) is 1. The molecule has 1 fully saturated rings. The highest BCUT2D eigenvalue weighted by Crippen LogP contribution is 2.39. The number of nitrogens with one attached hydrogen (secondary N) is 1. The molecule has 0 aliphatic carbocycles. The lowest BCUT2D eigenvalue weighted by Gasteiger charge is -2.27. The lowest BCUT2D eigenvalue weighted by molar-refractivity contribution is -0.188. The maximum atomic E-state index is 13.3. The molecule has 3 rings (SSSR count). The molecule has 1 aliphatic rings. The summed E-state index contributed by atoms with van der Waals surface area (Å²) in [7, 11) is 2.85. The van der Waals surface area contributed by atoms with Crippen LogP contribution in [0, 0.1) is 5.92 Å². The largest absolute Gasteiger partial charge is 0.467 e. The van der Waals surface area contributed by atoms with Gasteiger partial charge in [0.2, 0.25) is 0 Å². The molecule has 0 spiro atoms. The van der Waals surface area contributed by atoms with Crippen molar-refractivity contribution in [1.82, 2.24) is 19.7 Å². The molecule has 1 aromatic heterocycles. The second-order valence-corrected chi connectivity index (χ2v) is 7.62. The number of amides is 2. The number of carbonyl (C=O) groups is 2. The van der Waals surface area contributed by atoms with Crippen LogP contribution >= 0.6 is 0 Å². The summed E-state index contributed by atoms with van der Waals surface area (Å²) in [5, 5.41) is 10.5. The molecule has 1 saturated heterocycles. The summed E-state index contributed by atoms with van der Waals surface area (Å²) in [4.78, 5) is 25.6. The van der Waals surface area contributed by atoms with E-state index in [-0.39, 0.29) is 18.9 Å². The van der Waals surface area contributed by atoms with Gasteiger partial charge >= 0.3 is 18.2 Å². The molecular weight excluding hydrogens is 415 g/mol. The zero-order chi connectivity index (χ0) is 22.8. The number of likely N-dealkylation sites (tertiary alicyclic amines) is 1. The Bertz CT molecular complexity index is 946. The number of hydrogen-bond acceptors (Lipinski definition) is 5. The molecule has 0 bridgehead atoms. The molecule has 2 aromatic rings. The van der Waals surface area contributed by atoms with Crippen LogP contribution < -0.4 is 5.32 Å². The number of nitrogens with zero attached hydrogens (tertiary/aromatic N) is 4. The van der Waals surface area contributed by atoms with Crippen molar-refractivity contribution >= 4 is 17.7 Å². The molecule has 3 atom stereocenters. The number of methoxy groups -OCH3 is 1. The van der Waals surface area contributed by atoms with Gasteiger partial charge in [0.25, 0.3) is 0 Å². The highest BCUT2D eigenvalue weighted by Gasteiger charge is 2.55. The van der Waals surface area contributed by atoms with Crippen molar-refractivity contribution in [2.45, 2.75) is 37.9 Å². The minimum absolute atomic E-state index is 0.0592. The fourth-order valence-corrected chi connectivity index (χ4v) is 3.78. The van der Waals surface area contributed by atoms with Gasteiger partial charge in [0.1, 0.15) is 18.2 Å². The third-order valence-electron chi connectivity index (χ3n) is 5.52. The van der Waals surface area contributed by atoms with Crippen LogP contribution in [0.15, 0.2) is 30.6 Å².